The smallest absolute Gasteiger partial charge is 0.338 e. The summed E-state index contributed by atoms with van der Waals surface area (Å²) in [5.41, 5.74) is -0.107. The minimum atomic E-state index is -1.35. The molecule has 0 radical (unpaired) electrons. The Morgan fingerprint density at radius 3 is 2.58 bits per heavy atom. The van der Waals surface area contributed by atoms with Gasteiger partial charge in [0.2, 0.25) is 0 Å². The lowest BCUT2D eigenvalue weighted by Gasteiger charge is -2.47. The molecule has 0 aromatic heterocycles. The Balaban J connectivity index is 2.25. The fourth-order valence-electron chi connectivity index (χ4n) is 3.71. The second kappa shape index (κ2) is 9.28. The third kappa shape index (κ3) is 4.51. The SMILES string of the molecule is CO[C@@H]1[C@H](OC(=O)c2ccccc2)CC[C@@](O)(CO)[C@H]1/C(C)=C/CCO. The Hall–Kier alpha value is -1.73. The second-order valence-electron chi connectivity index (χ2n) is 6.75. The maximum Gasteiger partial charge on any atom is 0.338 e. The van der Waals surface area contributed by atoms with Crippen molar-refractivity contribution in [1.82, 2.24) is 0 Å². The van der Waals surface area contributed by atoms with Gasteiger partial charge in [-0.1, -0.05) is 29.8 Å². The quantitative estimate of drug-likeness (QED) is 0.503. The lowest BCUT2D eigenvalue weighted by molar-refractivity contribution is -0.164. The molecule has 1 saturated carbocycles. The molecule has 3 N–H and O–H groups in total. The molecular formula is C20H28O6. The normalized spacial score (nSPS) is 29.4. The minimum Gasteiger partial charge on any atom is -0.456 e. The van der Waals surface area contributed by atoms with E-state index in [4.69, 9.17) is 14.6 Å². The maximum atomic E-state index is 12.4. The van der Waals surface area contributed by atoms with Crippen LogP contribution in [0.1, 0.15) is 36.5 Å². The van der Waals surface area contributed by atoms with E-state index in [1.165, 1.54) is 7.11 Å². The minimum absolute atomic E-state index is 0.00825. The zero-order chi connectivity index (χ0) is 19.2. The molecule has 26 heavy (non-hydrogen) atoms. The van der Waals surface area contributed by atoms with Crippen LogP contribution in [0.3, 0.4) is 0 Å². The highest BCUT2D eigenvalue weighted by molar-refractivity contribution is 5.89. The Morgan fingerprint density at radius 1 is 1.31 bits per heavy atom. The molecule has 0 saturated heterocycles. The summed E-state index contributed by atoms with van der Waals surface area (Å²) in [6.45, 7) is 1.40. The number of aliphatic hydroxyl groups is 3. The predicted molar refractivity (Wildman–Crippen MR) is 96.7 cm³/mol. The number of ether oxygens (including phenoxy) is 2. The van der Waals surface area contributed by atoms with Crippen LogP contribution in [0, 0.1) is 5.92 Å². The fourth-order valence-corrected chi connectivity index (χ4v) is 3.71. The molecule has 1 fully saturated rings. The Bertz CT molecular complexity index is 614. The van der Waals surface area contributed by atoms with Crippen molar-refractivity contribution in [3.05, 3.63) is 47.5 Å². The van der Waals surface area contributed by atoms with Gasteiger partial charge < -0.3 is 24.8 Å². The first-order chi connectivity index (χ1) is 12.5. The van der Waals surface area contributed by atoms with Gasteiger partial charge in [-0.2, -0.15) is 0 Å². The van der Waals surface area contributed by atoms with Crippen molar-refractivity contribution in [2.45, 2.75) is 44.0 Å². The first-order valence-electron chi connectivity index (χ1n) is 8.86. The van der Waals surface area contributed by atoms with Crippen molar-refractivity contribution in [1.29, 1.82) is 0 Å². The monoisotopic (exact) mass is 364 g/mol. The zero-order valence-corrected chi connectivity index (χ0v) is 15.3. The largest absolute Gasteiger partial charge is 0.456 e. The van der Waals surface area contributed by atoms with Gasteiger partial charge in [-0.05, 0) is 38.3 Å². The Labute approximate surface area is 154 Å². The second-order valence-corrected chi connectivity index (χ2v) is 6.75. The van der Waals surface area contributed by atoms with Crippen molar-refractivity contribution in [2.75, 3.05) is 20.3 Å². The fraction of sp³-hybridized carbons (Fsp3) is 0.550. The number of aliphatic hydroxyl groups excluding tert-OH is 2. The molecule has 0 unspecified atom stereocenters. The van der Waals surface area contributed by atoms with Gasteiger partial charge in [-0.25, -0.2) is 4.79 Å². The molecule has 0 spiro atoms. The van der Waals surface area contributed by atoms with Gasteiger partial charge in [-0.3, -0.25) is 0 Å². The van der Waals surface area contributed by atoms with Crippen molar-refractivity contribution < 1.29 is 29.6 Å². The third-order valence-electron chi connectivity index (χ3n) is 5.04. The highest BCUT2D eigenvalue weighted by atomic mass is 16.6. The van der Waals surface area contributed by atoms with Gasteiger partial charge in [0.25, 0.3) is 0 Å². The zero-order valence-electron chi connectivity index (χ0n) is 15.3. The number of carbonyl (C=O) groups is 1. The van der Waals surface area contributed by atoms with Crippen molar-refractivity contribution in [2.24, 2.45) is 5.92 Å². The summed E-state index contributed by atoms with van der Waals surface area (Å²) < 4.78 is 11.3. The number of benzene rings is 1. The number of hydrogen-bond acceptors (Lipinski definition) is 6. The molecule has 0 aliphatic heterocycles. The summed E-state index contributed by atoms with van der Waals surface area (Å²) in [4.78, 5) is 12.4. The lowest BCUT2D eigenvalue weighted by atomic mass is 9.69. The predicted octanol–water partition coefficient (Wildman–Crippen LogP) is 1.69. The van der Waals surface area contributed by atoms with Crippen LogP contribution in [0.15, 0.2) is 42.0 Å². The van der Waals surface area contributed by atoms with Gasteiger partial charge >= 0.3 is 5.97 Å². The molecule has 1 aromatic rings. The Morgan fingerprint density at radius 2 is 2.00 bits per heavy atom. The summed E-state index contributed by atoms with van der Waals surface area (Å²) in [6, 6.07) is 8.71. The molecule has 0 amide bonds. The van der Waals surface area contributed by atoms with Crippen molar-refractivity contribution in [3.8, 4) is 0 Å². The summed E-state index contributed by atoms with van der Waals surface area (Å²) >= 11 is 0. The van der Waals surface area contributed by atoms with E-state index in [0.29, 0.717) is 18.4 Å². The van der Waals surface area contributed by atoms with Gasteiger partial charge in [0.15, 0.2) is 0 Å². The highest BCUT2D eigenvalue weighted by Crippen LogP contribution is 2.41. The standard InChI is InChI=1S/C20H28O6/c1-14(7-6-12-21)17-18(25-2)16(10-11-20(17,24)13-22)26-19(23)15-8-4-3-5-9-15/h3-5,7-9,16-18,21-22,24H,6,10-13H2,1-2H3/b14-7+/t16-,17+,18-,20-/m1/s1. The van der Waals surface area contributed by atoms with Gasteiger partial charge in [0, 0.05) is 19.6 Å². The summed E-state index contributed by atoms with van der Waals surface area (Å²) in [5.74, 6) is -0.978. The van der Waals surface area contributed by atoms with E-state index in [-0.39, 0.29) is 13.0 Å². The van der Waals surface area contributed by atoms with Crippen LogP contribution in [-0.4, -0.2) is 59.4 Å². The molecular weight excluding hydrogens is 336 g/mol. The molecule has 144 valence electrons. The van der Waals surface area contributed by atoms with Gasteiger partial charge in [0.1, 0.15) is 12.2 Å². The van der Waals surface area contributed by atoms with E-state index >= 15 is 0 Å². The summed E-state index contributed by atoms with van der Waals surface area (Å²) in [7, 11) is 1.50. The number of hydrogen-bond donors (Lipinski definition) is 3. The van der Waals surface area contributed by atoms with Crippen LogP contribution in [0.2, 0.25) is 0 Å². The van der Waals surface area contributed by atoms with E-state index < -0.39 is 36.3 Å². The third-order valence-corrected chi connectivity index (χ3v) is 5.04. The van der Waals surface area contributed by atoms with E-state index in [1.54, 1.807) is 24.3 Å². The van der Waals surface area contributed by atoms with Gasteiger partial charge in [0.05, 0.1) is 17.8 Å². The van der Waals surface area contributed by atoms with E-state index in [2.05, 4.69) is 0 Å². The molecule has 1 aliphatic carbocycles. The molecule has 0 heterocycles. The Kier molecular flexibility index (Phi) is 7.34. The highest BCUT2D eigenvalue weighted by Gasteiger charge is 2.50. The maximum absolute atomic E-state index is 12.4. The molecule has 4 atom stereocenters. The van der Waals surface area contributed by atoms with E-state index in [1.807, 2.05) is 19.1 Å². The first kappa shape index (κ1) is 20.6. The summed E-state index contributed by atoms with van der Waals surface area (Å²) in [6.07, 6.45) is 1.79. The molecule has 6 nitrogen and oxygen atoms in total. The average Bonchev–Trinajstić information content (AvgIpc) is 2.67. The van der Waals surface area contributed by atoms with Crippen LogP contribution in [-0.2, 0) is 9.47 Å². The van der Waals surface area contributed by atoms with Crippen LogP contribution in [0.5, 0.6) is 0 Å². The lowest BCUT2D eigenvalue weighted by Crippen LogP contribution is -2.57. The molecule has 2 rings (SSSR count). The van der Waals surface area contributed by atoms with Gasteiger partial charge in [-0.15, -0.1) is 0 Å². The van der Waals surface area contributed by atoms with Crippen LogP contribution < -0.4 is 0 Å². The summed E-state index contributed by atoms with van der Waals surface area (Å²) in [5, 5.41) is 29.7. The molecule has 1 aromatic carbocycles. The number of esters is 1. The van der Waals surface area contributed by atoms with E-state index in [0.717, 1.165) is 5.57 Å². The molecule has 0 bridgehead atoms. The first-order valence-corrected chi connectivity index (χ1v) is 8.86. The number of rotatable bonds is 7. The van der Waals surface area contributed by atoms with Crippen LogP contribution >= 0.6 is 0 Å². The average molecular weight is 364 g/mol. The number of carbonyl (C=O) groups excluding carboxylic acids is 1. The van der Waals surface area contributed by atoms with Crippen molar-refractivity contribution >= 4 is 5.97 Å². The topological polar surface area (TPSA) is 96.2 Å². The van der Waals surface area contributed by atoms with Crippen molar-refractivity contribution in [3.63, 3.8) is 0 Å². The van der Waals surface area contributed by atoms with E-state index in [9.17, 15) is 15.0 Å². The molecule has 1 aliphatic rings. The molecule has 6 heteroatoms. The van der Waals surface area contributed by atoms with Crippen LogP contribution in [0.4, 0.5) is 0 Å². The number of methoxy groups -OCH3 is 1. The van der Waals surface area contributed by atoms with Crippen LogP contribution in [0.25, 0.3) is 0 Å².